The van der Waals surface area contributed by atoms with Gasteiger partial charge in [-0.3, -0.25) is 4.21 Å². The van der Waals surface area contributed by atoms with E-state index in [0.717, 1.165) is 36.5 Å². The fraction of sp³-hybridized carbons (Fsp3) is 0.520. The minimum atomic E-state index is -2.33. The molecule has 2 aromatic rings. The summed E-state index contributed by atoms with van der Waals surface area (Å²) >= 11 is 0. The van der Waals surface area contributed by atoms with Crippen molar-refractivity contribution in [1.82, 2.24) is 15.3 Å². The maximum Gasteiger partial charge on any atom is 0.319 e. The van der Waals surface area contributed by atoms with Crippen LogP contribution in [0, 0.1) is 0 Å². The zero-order chi connectivity index (χ0) is 24.3. The number of hydrogen-bond acceptors (Lipinski definition) is 6. The van der Waals surface area contributed by atoms with Gasteiger partial charge < -0.3 is 20.3 Å². The van der Waals surface area contributed by atoms with Crippen molar-refractivity contribution in [2.45, 2.75) is 63.1 Å². The average molecular weight is 486 g/mol. The van der Waals surface area contributed by atoms with Crippen molar-refractivity contribution >= 4 is 32.9 Å². The lowest BCUT2D eigenvalue weighted by molar-refractivity contribution is 0.0985. The number of hydrogen-bond donors (Lipinski definition) is 2. The molecule has 2 aliphatic rings. The molecule has 1 saturated heterocycles. The molecule has 1 unspecified atom stereocenters. The number of carbonyl (C=O) groups is 1. The predicted octanol–water partition coefficient (Wildman–Crippen LogP) is 3.67. The smallest absolute Gasteiger partial charge is 0.319 e. The lowest BCUT2D eigenvalue weighted by Gasteiger charge is -2.34. The van der Waals surface area contributed by atoms with Crippen LogP contribution in [0.15, 0.2) is 30.3 Å². The third-order valence-corrected chi connectivity index (χ3v) is 9.02. The van der Waals surface area contributed by atoms with Crippen LogP contribution in [0.4, 0.5) is 16.3 Å². The fourth-order valence-electron chi connectivity index (χ4n) is 3.93. The highest BCUT2D eigenvalue weighted by molar-refractivity contribution is 8.00. The minimum Gasteiger partial charge on any atom is -0.377 e. The number of morpholine rings is 1. The summed E-state index contributed by atoms with van der Waals surface area (Å²) in [6.07, 6.45) is 3.26. The Morgan fingerprint density at radius 3 is 2.62 bits per heavy atom. The van der Waals surface area contributed by atoms with Crippen LogP contribution in [0.1, 0.15) is 45.7 Å². The third-order valence-electron chi connectivity index (χ3n) is 6.52. The van der Waals surface area contributed by atoms with Gasteiger partial charge in [-0.25, -0.2) is 14.8 Å². The molecule has 2 heterocycles. The standard InChI is InChI=1S/C25H35N5O3S/c1-17(2)34(4,32)16-22-14-23(30-12-13-33-15-18(30)3)29-24(26-22)19-8-10-21(11-9-19)28-25(31)27-20-6-5-7-20/h8-11,14,17-18,20H,4-7,12-13,15-16H2,1-3H3,(H2,27,28,31)/t18-,34?/m0/s1. The molecule has 1 aliphatic carbocycles. The van der Waals surface area contributed by atoms with Crippen LogP contribution < -0.4 is 15.5 Å². The number of carbonyl (C=O) groups excluding carboxylic acids is 1. The van der Waals surface area contributed by atoms with Crippen LogP contribution in [0.5, 0.6) is 0 Å². The van der Waals surface area contributed by atoms with Gasteiger partial charge in [0.1, 0.15) is 5.82 Å². The number of urea groups is 1. The van der Waals surface area contributed by atoms with E-state index in [4.69, 9.17) is 14.7 Å². The van der Waals surface area contributed by atoms with E-state index < -0.39 is 9.52 Å². The summed E-state index contributed by atoms with van der Waals surface area (Å²) in [5.74, 6) is 5.65. The van der Waals surface area contributed by atoms with Crippen molar-refractivity contribution in [3.63, 3.8) is 0 Å². The number of nitrogens with one attached hydrogen (secondary N) is 2. The van der Waals surface area contributed by atoms with Crippen LogP contribution >= 0.6 is 0 Å². The molecule has 34 heavy (non-hydrogen) atoms. The van der Waals surface area contributed by atoms with Gasteiger partial charge in [0.25, 0.3) is 0 Å². The second-order valence-corrected chi connectivity index (χ2v) is 12.5. The van der Waals surface area contributed by atoms with E-state index in [9.17, 15) is 9.00 Å². The molecule has 2 fully saturated rings. The van der Waals surface area contributed by atoms with Gasteiger partial charge >= 0.3 is 6.03 Å². The Bertz CT molecular complexity index is 1110. The lowest BCUT2D eigenvalue weighted by Crippen LogP contribution is -2.44. The van der Waals surface area contributed by atoms with Gasteiger partial charge in [0.05, 0.1) is 30.7 Å². The SMILES string of the molecule is C=S(=O)(Cc1cc(N2CCOC[C@@H]2C)nc(-c2ccc(NC(=O)NC3CCC3)cc2)n1)C(C)C. The molecule has 1 aromatic carbocycles. The van der Waals surface area contributed by atoms with Gasteiger partial charge in [0.2, 0.25) is 0 Å². The summed E-state index contributed by atoms with van der Waals surface area (Å²) < 4.78 is 18.6. The van der Waals surface area contributed by atoms with Gasteiger partial charge in [-0.1, -0.05) is 13.8 Å². The molecule has 4 rings (SSSR count). The molecule has 1 saturated carbocycles. The summed E-state index contributed by atoms with van der Waals surface area (Å²) in [5.41, 5.74) is 2.25. The maximum atomic E-state index is 13.1. The molecule has 2 N–H and O–H groups in total. The summed E-state index contributed by atoms with van der Waals surface area (Å²) in [5, 5.41) is 5.81. The second-order valence-electron chi connectivity index (χ2n) is 9.52. The quantitative estimate of drug-likeness (QED) is 0.581. The van der Waals surface area contributed by atoms with Crippen LogP contribution in [0.2, 0.25) is 0 Å². The van der Waals surface area contributed by atoms with Gasteiger partial charge in [-0.05, 0) is 65.8 Å². The summed E-state index contributed by atoms with van der Waals surface area (Å²) in [4.78, 5) is 24.0. The fourth-order valence-corrected chi connectivity index (χ4v) is 4.91. The highest BCUT2D eigenvalue weighted by atomic mass is 32.2. The highest BCUT2D eigenvalue weighted by Gasteiger charge is 2.23. The largest absolute Gasteiger partial charge is 0.377 e. The van der Waals surface area contributed by atoms with E-state index in [2.05, 4.69) is 28.3 Å². The first-order valence-corrected chi connectivity index (χ1v) is 13.9. The Hall–Kier alpha value is -2.65. The Balaban J connectivity index is 1.59. The van der Waals surface area contributed by atoms with E-state index in [1.165, 1.54) is 6.42 Å². The van der Waals surface area contributed by atoms with E-state index in [1.54, 1.807) is 0 Å². The third kappa shape index (κ3) is 5.88. The van der Waals surface area contributed by atoms with Crippen molar-refractivity contribution in [2.75, 3.05) is 30.0 Å². The molecular weight excluding hydrogens is 450 g/mol. The zero-order valence-corrected chi connectivity index (χ0v) is 21.1. The zero-order valence-electron chi connectivity index (χ0n) is 20.3. The van der Waals surface area contributed by atoms with Crippen molar-refractivity contribution < 1.29 is 13.7 Å². The molecule has 1 aromatic heterocycles. The number of ether oxygens (including phenoxy) is 1. The first-order valence-electron chi connectivity index (χ1n) is 12.0. The monoisotopic (exact) mass is 485 g/mol. The van der Waals surface area contributed by atoms with Crippen molar-refractivity contribution in [3.8, 4) is 11.4 Å². The molecule has 2 amide bonds. The molecule has 1 aliphatic heterocycles. The first kappa shape index (κ1) is 24.5. The number of anilines is 2. The number of nitrogens with zero attached hydrogens (tertiary/aromatic N) is 3. The summed E-state index contributed by atoms with van der Waals surface area (Å²) in [6, 6.07) is 9.70. The Labute approximate surface area is 202 Å². The second kappa shape index (κ2) is 10.3. The maximum absolute atomic E-state index is 13.1. The van der Waals surface area contributed by atoms with Gasteiger partial charge in [0, 0.05) is 35.2 Å². The predicted molar refractivity (Wildman–Crippen MR) is 139 cm³/mol. The molecular formula is C25H35N5O3S. The highest BCUT2D eigenvalue weighted by Crippen LogP contribution is 2.26. The summed E-state index contributed by atoms with van der Waals surface area (Å²) in [6.45, 7) is 7.97. The molecule has 0 spiro atoms. The lowest BCUT2D eigenvalue weighted by atomic mass is 9.93. The van der Waals surface area contributed by atoms with E-state index >= 15 is 0 Å². The Morgan fingerprint density at radius 2 is 2.00 bits per heavy atom. The summed E-state index contributed by atoms with van der Waals surface area (Å²) in [7, 11) is -2.33. The first-order chi connectivity index (χ1) is 16.2. The minimum absolute atomic E-state index is 0.0480. The van der Waals surface area contributed by atoms with Gasteiger partial charge in [0.15, 0.2) is 5.82 Å². The van der Waals surface area contributed by atoms with Crippen LogP contribution in [0.3, 0.4) is 0 Å². The number of aromatic nitrogens is 2. The molecule has 8 nitrogen and oxygen atoms in total. The van der Waals surface area contributed by atoms with Gasteiger partial charge in [-0.2, -0.15) is 0 Å². The topological polar surface area (TPSA) is 96.5 Å². The van der Waals surface area contributed by atoms with Crippen molar-refractivity contribution in [3.05, 3.63) is 36.0 Å². The van der Waals surface area contributed by atoms with E-state index in [-0.39, 0.29) is 23.4 Å². The Kier molecular flexibility index (Phi) is 7.42. The molecule has 184 valence electrons. The van der Waals surface area contributed by atoms with E-state index in [1.807, 2.05) is 44.2 Å². The molecule has 2 atom stereocenters. The molecule has 0 radical (unpaired) electrons. The Morgan fingerprint density at radius 1 is 1.26 bits per heavy atom. The number of amides is 2. The molecule has 0 bridgehead atoms. The normalized spacial score (nSPS) is 20.5. The van der Waals surface area contributed by atoms with Crippen molar-refractivity contribution in [1.29, 1.82) is 0 Å². The number of benzene rings is 1. The van der Waals surface area contributed by atoms with Crippen molar-refractivity contribution in [2.24, 2.45) is 0 Å². The number of rotatable bonds is 7. The molecule has 9 heteroatoms. The van der Waals surface area contributed by atoms with Crippen LogP contribution in [-0.4, -0.2) is 63.2 Å². The van der Waals surface area contributed by atoms with Gasteiger partial charge in [-0.15, -0.1) is 0 Å². The average Bonchev–Trinajstić information content (AvgIpc) is 2.76. The van der Waals surface area contributed by atoms with Crippen LogP contribution in [0.25, 0.3) is 11.4 Å². The van der Waals surface area contributed by atoms with E-state index in [0.29, 0.717) is 30.5 Å². The van der Waals surface area contributed by atoms with Crippen LogP contribution in [-0.2, 0) is 20.0 Å².